The van der Waals surface area contributed by atoms with Crippen molar-refractivity contribution < 1.29 is 19.1 Å². The fourth-order valence-electron chi connectivity index (χ4n) is 5.04. The fraction of sp³-hybridized carbons (Fsp3) is 0.586. The minimum absolute atomic E-state index is 0.103. The standard InChI is InChI=1S/C29H42N6O4/c1-18(2)20-13-21(19-8-11-38-12-9-19)15-23(14-20)32-26-24(25(30)36)16-31-27(34-26)35-10-6-7-22(17-35)33-28(37)39-29(3,4)5/h13-16,18-19,22H,6-12,17H2,1-5H3,(H2,30,36)(H,33,37)(H,31,32,34)/t22-/m0/s1. The summed E-state index contributed by atoms with van der Waals surface area (Å²) >= 11 is 0. The zero-order chi connectivity index (χ0) is 28.2. The summed E-state index contributed by atoms with van der Waals surface area (Å²) in [5.41, 5.74) is 8.69. The molecule has 2 amide bonds. The van der Waals surface area contributed by atoms with Crippen molar-refractivity contribution in [3.05, 3.63) is 41.1 Å². The van der Waals surface area contributed by atoms with Crippen LogP contribution in [-0.4, -0.2) is 59.9 Å². The maximum atomic E-state index is 12.3. The van der Waals surface area contributed by atoms with Gasteiger partial charge < -0.3 is 30.7 Å². The molecule has 212 valence electrons. The number of anilines is 3. The van der Waals surface area contributed by atoms with Crippen molar-refractivity contribution in [1.29, 1.82) is 0 Å². The molecule has 2 aromatic rings. The number of alkyl carbamates (subject to hydrolysis) is 1. The highest BCUT2D eigenvalue weighted by Gasteiger charge is 2.26. The lowest BCUT2D eigenvalue weighted by molar-refractivity contribution is 0.0499. The summed E-state index contributed by atoms with van der Waals surface area (Å²) in [5.74, 6) is 1.01. The first-order valence-electron chi connectivity index (χ1n) is 13.9. The molecule has 4 N–H and O–H groups in total. The van der Waals surface area contributed by atoms with Crippen LogP contribution >= 0.6 is 0 Å². The van der Waals surface area contributed by atoms with Crippen LogP contribution < -0.4 is 21.3 Å². The second kappa shape index (κ2) is 12.2. The summed E-state index contributed by atoms with van der Waals surface area (Å²) in [6.45, 7) is 12.7. The number of aromatic nitrogens is 2. The summed E-state index contributed by atoms with van der Waals surface area (Å²) < 4.78 is 11.0. The van der Waals surface area contributed by atoms with E-state index in [1.807, 2.05) is 25.7 Å². The second-order valence-electron chi connectivity index (χ2n) is 11.8. The van der Waals surface area contributed by atoms with Crippen LogP contribution in [0.15, 0.2) is 24.4 Å². The first-order valence-corrected chi connectivity index (χ1v) is 13.9. The molecule has 2 fully saturated rings. The van der Waals surface area contributed by atoms with Gasteiger partial charge in [0.2, 0.25) is 5.95 Å². The van der Waals surface area contributed by atoms with Crippen LogP contribution in [0.25, 0.3) is 0 Å². The molecule has 1 aromatic heterocycles. The Hall–Kier alpha value is -3.40. The lowest BCUT2D eigenvalue weighted by atomic mass is 9.88. The predicted molar refractivity (Wildman–Crippen MR) is 152 cm³/mol. The average Bonchev–Trinajstić information content (AvgIpc) is 2.88. The van der Waals surface area contributed by atoms with Gasteiger partial charge in [-0.15, -0.1) is 0 Å². The fourth-order valence-corrected chi connectivity index (χ4v) is 5.04. The molecule has 0 aliphatic carbocycles. The molecule has 0 saturated carbocycles. The number of piperidine rings is 1. The topological polar surface area (TPSA) is 132 Å². The summed E-state index contributed by atoms with van der Waals surface area (Å²) in [7, 11) is 0. The number of nitrogens with zero attached hydrogens (tertiary/aromatic N) is 3. The molecule has 2 saturated heterocycles. The third-order valence-corrected chi connectivity index (χ3v) is 7.07. The van der Waals surface area contributed by atoms with E-state index in [9.17, 15) is 9.59 Å². The van der Waals surface area contributed by atoms with Crippen molar-refractivity contribution in [2.24, 2.45) is 5.73 Å². The number of carbonyl (C=O) groups is 2. The molecule has 10 heteroatoms. The zero-order valence-corrected chi connectivity index (χ0v) is 23.8. The molecule has 2 aliphatic heterocycles. The number of hydrogen-bond acceptors (Lipinski definition) is 8. The third-order valence-electron chi connectivity index (χ3n) is 7.07. The number of benzene rings is 1. The molecule has 0 unspecified atom stereocenters. The SMILES string of the molecule is CC(C)c1cc(Nc2nc(N3CCC[C@H](NC(=O)OC(C)(C)C)C3)ncc2C(N)=O)cc(C2CCOCC2)c1. The molecular weight excluding hydrogens is 496 g/mol. The largest absolute Gasteiger partial charge is 0.444 e. The Kier molecular flexibility index (Phi) is 8.94. The van der Waals surface area contributed by atoms with Gasteiger partial charge in [-0.3, -0.25) is 4.79 Å². The van der Waals surface area contributed by atoms with E-state index in [4.69, 9.17) is 20.2 Å². The first kappa shape index (κ1) is 28.6. The minimum Gasteiger partial charge on any atom is -0.444 e. The highest BCUT2D eigenvalue weighted by Crippen LogP contribution is 2.33. The Morgan fingerprint density at radius 3 is 2.56 bits per heavy atom. The first-order chi connectivity index (χ1) is 18.5. The molecule has 1 aromatic carbocycles. The van der Waals surface area contributed by atoms with Crippen molar-refractivity contribution in [3.63, 3.8) is 0 Å². The lowest BCUT2D eigenvalue weighted by Crippen LogP contribution is -2.49. The van der Waals surface area contributed by atoms with E-state index in [1.165, 1.54) is 17.3 Å². The number of primary amides is 1. The van der Waals surface area contributed by atoms with Crippen molar-refractivity contribution in [3.8, 4) is 0 Å². The van der Waals surface area contributed by atoms with Gasteiger partial charge in [-0.05, 0) is 81.5 Å². The van der Waals surface area contributed by atoms with Crippen LogP contribution in [0.4, 0.5) is 22.2 Å². The van der Waals surface area contributed by atoms with Gasteiger partial charge in [-0.25, -0.2) is 9.78 Å². The molecule has 1 atom stereocenters. The molecule has 39 heavy (non-hydrogen) atoms. The van der Waals surface area contributed by atoms with Gasteiger partial charge in [-0.1, -0.05) is 19.9 Å². The van der Waals surface area contributed by atoms with Crippen molar-refractivity contribution in [1.82, 2.24) is 15.3 Å². The van der Waals surface area contributed by atoms with Crippen LogP contribution in [0.5, 0.6) is 0 Å². The Labute approximate surface area is 231 Å². The number of hydrogen-bond donors (Lipinski definition) is 3. The number of nitrogens with one attached hydrogen (secondary N) is 2. The van der Waals surface area contributed by atoms with E-state index >= 15 is 0 Å². The number of rotatable bonds is 7. The highest BCUT2D eigenvalue weighted by molar-refractivity contribution is 5.98. The normalized spacial score (nSPS) is 18.6. The van der Waals surface area contributed by atoms with Gasteiger partial charge in [0.1, 0.15) is 17.0 Å². The molecule has 3 heterocycles. The van der Waals surface area contributed by atoms with Crippen LogP contribution in [-0.2, 0) is 9.47 Å². The Morgan fingerprint density at radius 1 is 1.15 bits per heavy atom. The van der Waals surface area contributed by atoms with Crippen LogP contribution in [0.3, 0.4) is 0 Å². The summed E-state index contributed by atoms with van der Waals surface area (Å²) in [4.78, 5) is 35.8. The zero-order valence-electron chi connectivity index (χ0n) is 23.8. The van der Waals surface area contributed by atoms with E-state index in [0.29, 0.717) is 30.1 Å². The lowest BCUT2D eigenvalue weighted by Gasteiger charge is -2.33. The smallest absolute Gasteiger partial charge is 0.407 e. The third kappa shape index (κ3) is 7.81. The number of amides is 2. The maximum Gasteiger partial charge on any atom is 0.407 e. The number of nitrogens with two attached hydrogens (primary N) is 1. The van der Waals surface area contributed by atoms with Crippen LogP contribution in [0, 0.1) is 0 Å². The van der Waals surface area contributed by atoms with Gasteiger partial charge in [-0.2, -0.15) is 4.98 Å². The van der Waals surface area contributed by atoms with Crippen LogP contribution in [0.2, 0.25) is 0 Å². The highest BCUT2D eigenvalue weighted by atomic mass is 16.6. The number of carbonyl (C=O) groups excluding carboxylic acids is 2. The maximum absolute atomic E-state index is 12.3. The minimum atomic E-state index is -0.600. The Morgan fingerprint density at radius 2 is 1.90 bits per heavy atom. The molecular formula is C29H42N6O4. The van der Waals surface area contributed by atoms with E-state index in [-0.39, 0.29) is 11.6 Å². The van der Waals surface area contributed by atoms with Gasteiger partial charge in [0.05, 0.1) is 0 Å². The van der Waals surface area contributed by atoms with Crippen molar-refractivity contribution >= 4 is 29.5 Å². The van der Waals surface area contributed by atoms with Gasteiger partial charge in [0, 0.05) is 44.2 Å². The molecule has 10 nitrogen and oxygen atoms in total. The average molecular weight is 539 g/mol. The Balaban J connectivity index is 1.57. The van der Waals surface area contributed by atoms with Gasteiger partial charge >= 0.3 is 6.09 Å². The van der Waals surface area contributed by atoms with E-state index in [2.05, 4.69) is 47.7 Å². The summed E-state index contributed by atoms with van der Waals surface area (Å²) in [5, 5.41) is 6.33. The number of ether oxygens (including phenoxy) is 2. The summed E-state index contributed by atoms with van der Waals surface area (Å²) in [6.07, 6.45) is 4.69. The van der Waals surface area contributed by atoms with E-state index in [1.54, 1.807) is 0 Å². The van der Waals surface area contributed by atoms with Gasteiger partial charge in [0.25, 0.3) is 5.91 Å². The predicted octanol–water partition coefficient (Wildman–Crippen LogP) is 4.83. The van der Waals surface area contributed by atoms with Crippen molar-refractivity contribution in [2.45, 2.75) is 83.8 Å². The molecule has 2 aliphatic rings. The summed E-state index contributed by atoms with van der Waals surface area (Å²) in [6, 6.07) is 6.41. The molecule has 0 spiro atoms. The quantitative estimate of drug-likeness (QED) is 0.457. The Bertz CT molecular complexity index is 1170. The molecule has 0 radical (unpaired) electrons. The van der Waals surface area contributed by atoms with E-state index < -0.39 is 17.6 Å². The molecule has 0 bridgehead atoms. The second-order valence-corrected chi connectivity index (χ2v) is 11.8. The van der Waals surface area contributed by atoms with Crippen LogP contribution in [0.1, 0.15) is 93.6 Å². The van der Waals surface area contributed by atoms with E-state index in [0.717, 1.165) is 51.1 Å². The van der Waals surface area contributed by atoms with Crippen molar-refractivity contribution in [2.75, 3.05) is 36.5 Å². The molecule has 4 rings (SSSR count). The monoisotopic (exact) mass is 538 g/mol. The van der Waals surface area contributed by atoms with Gasteiger partial charge in [0.15, 0.2) is 0 Å².